The van der Waals surface area contributed by atoms with Gasteiger partial charge in [0.05, 0.1) is 24.6 Å². The van der Waals surface area contributed by atoms with Gasteiger partial charge in [0.1, 0.15) is 16.3 Å². The van der Waals surface area contributed by atoms with Gasteiger partial charge in [0, 0.05) is 18.0 Å². The third-order valence-electron chi connectivity index (χ3n) is 4.35. The first-order valence-corrected chi connectivity index (χ1v) is 8.64. The minimum absolute atomic E-state index is 0.174. The first kappa shape index (κ1) is 18.2. The van der Waals surface area contributed by atoms with Crippen molar-refractivity contribution in [2.24, 2.45) is 0 Å². The number of carbonyl (C=O) groups excluding carboxylic acids is 1. The molecule has 0 aliphatic carbocycles. The smallest absolute Gasteiger partial charge is 0.433 e. The van der Waals surface area contributed by atoms with Crippen molar-refractivity contribution < 1.29 is 18.9 Å². The third-order valence-corrected chi connectivity index (χ3v) is 4.35. The number of benzene rings is 1. The highest BCUT2D eigenvalue weighted by molar-refractivity contribution is 6.03. The van der Waals surface area contributed by atoms with Crippen molar-refractivity contribution in [3.63, 3.8) is 0 Å². The molecular weight excluding hydrogens is 376 g/mol. The number of pyridine rings is 1. The van der Waals surface area contributed by atoms with E-state index in [0.717, 1.165) is 28.5 Å². The van der Waals surface area contributed by atoms with Crippen molar-refractivity contribution in [2.75, 3.05) is 12.4 Å². The number of amides is 1. The molecule has 1 N–H and O–H groups in total. The number of hydrogen-bond donors (Lipinski definition) is 1. The number of ether oxygens (including phenoxy) is 1. The van der Waals surface area contributed by atoms with E-state index in [-0.39, 0.29) is 5.76 Å². The monoisotopic (exact) mass is 392 g/mol. The summed E-state index contributed by atoms with van der Waals surface area (Å²) in [5.74, 6) is -0.870. The maximum atomic E-state index is 12.4. The highest BCUT2D eigenvalue weighted by atomic mass is 16.6. The number of nitrogens with zero attached hydrogens (tertiary/aromatic N) is 3. The zero-order valence-electron chi connectivity index (χ0n) is 15.6. The molecule has 146 valence electrons. The summed E-state index contributed by atoms with van der Waals surface area (Å²) in [4.78, 5) is 27.1. The predicted molar refractivity (Wildman–Crippen MR) is 105 cm³/mol. The Bertz CT molecular complexity index is 1240. The van der Waals surface area contributed by atoms with Crippen LogP contribution in [0.25, 0.3) is 16.9 Å². The van der Waals surface area contributed by atoms with Crippen molar-refractivity contribution >= 4 is 23.1 Å². The standard InChI is InChI=1S/C20H16N4O5/c1-12-7-8-23-11-15(21-18(23)9-12)13-3-4-16(28-2)14(10-13)22-20(25)17-5-6-19(29-17)24(26)27/h3-11H,1-2H3,(H,22,25). The van der Waals surface area contributed by atoms with Crippen molar-refractivity contribution in [3.8, 4) is 17.0 Å². The highest BCUT2D eigenvalue weighted by Crippen LogP contribution is 2.31. The number of carbonyl (C=O) groups is 1. The van der Waals surface area contributed by atoms with Crippen molar-refractivity contribution in [1.82, 2.24) is 9.38 Å². The summed E-state index contributed by atoms with van der Waals surface area (Å²) in [6, 6.07) is 11.6. The molecule has 0 radical (unpaired) electrons. The van der Waals surface area contributed by atoms with Crippen LogP contribution in [0.4, 0.5) is 11.6 Å². The Kier molecular flexibility index (Phi) is 4.47. The number of fused-ring (bicyclic) bond motifs is 1. The van der Waals surface area contributed by atoms with Crippen LogP contribution < -0.4 is 10.1 Å². The number of anilines is 1. The molecule has 0 saturated carbocycles. The van der Waals surface area contributed by atoms with Crippen LogP contribution in [0, 0.1) is 17.0 Å². The van der Waals surface area contributed by atoms with Crippen LogP contribution in [0.2, 0.25) is 0 Å². The largest absolute Gasteiger partial charge is 0.495 e. The van der Waals surface area contributed by atoms with E-state index in [9.17, 15) is 14.9 Å². The zero-order valence-corrected chi connectivity index (χ0v) is 15.6. The van der Waals surface area contributed by atoms with Gasteiger partial charge >= 0.3 is 5.88 Å². The van der Waals surface area contributed by atoms with E-state index >= 15 is 0 Å². The van der Waals surface area contributed by atoms with Crippen LogP contribution in [0.3, 0.4) is 0 Å². The number of hydrogen-bond acceptors (Lipinski definition) is 6. The second-order valence-corrected chi connectivity index (χ2v) is 6.36. The molecule has 4 aromatic rings. The molecule has 0 unspecified atom stereocenters. The molecule has 1 aromatic carbocycles. The van der Waals surface area contributed by atoms with Crippen LogP contribution in [0.5, 0.6) is 5.75 Å². The molecule has 3 aromatic heterocycles. The summed E-state index contributed by atoms with van der Waals surface area (Å²) in [7, 11) is 1.48. The number of furan rings is 1. The molecule has 0 atom stereocenters. The van der Waals surface area contributed by atoms with Gasteiger partial charge in [0.25, 0.3) is 5.91 Å². The molecular formula is C20H16N4O5. The second kappa shape index (κ2) is 7.12. The Balaban J connectivity index is 1.67. The Hall–Kier alpha value is -4.14. The molecule has 1 amide bonds. The second-order valence-electron chi connectivity index (χ2n) is 6.36. The quantitative estimate of drug-likeness (QED) is 0.405. The SMILES string of the molecule is COc1ccc(-c2cn3ccc(C)cc3n2)cc1NC(=O)c1ccc([N+](=O)[O-])o1. The predicted octanol–water partition coefficient (Wildman–Crippen LogP) is 4.07. The summed E-state index contributed by atoms with van der Waals surface area (Å²) in [5, 5.41) is 13.4. The molecule has 29 heavy (non-hydrogen) atoms. The van der Waals surface area contributed by atoms with Gasteiger partial charge in [0.2, 0.25) is 0 Å². The maximum Gasteiger partial charge on any atom is 0.433 e. The molecule has 0 saturated heterocycles. The fourth-order valence-electron chi connectivity index (χ4n) is 2.92. The van der Waals surface area contributed by atoms with Gasteiger partial charge in [-0.1, -0.05) is 0 Å². The Morgan fingerprint density at radius 2 is 2.07 bits per heavy atom. The average Bonchev–Trinajstić information content (AvgIpc) is 3.35. The van der Waals surface area contributed by atoms with Gasteiger partial charge in [0.15, 0.2) is 5.76 Å². The van der Waals surface area contributed by atoms with Crippen LogP contribution in [0.15, 0.2) is 59.3 Å². The first-order valence-electron chi connectivity index (χ1n) is 8.64. The minimum atomic E-state index is -0.705. The van der Waals surface area contributed by atoms with Gasteiger partial charge < -0.3 is 18.9 Å². The summed E-state index contributed by atoms with van der Waals surface area (Å²) in [6.07, 6.45) is 3.81. The van der Waals surface area contributed by atoms with Crippen LogP contribution in [0.1, 0.15) is 16.1 Å². The lowest BCUT2D eigenvalue weighted by Gasteiger charge is -2.10. The summed E-state index contributed by atoms with van der Waals surface area (Å²) >= 11 is 0. The molecule has 0 fully saturated rings. The van der Waals surface area contributed by atoms with E-state index in [0.29, 0.717) is 11.4 Å². The molecule has 0 aliphatic heterocycles. The zero-order chi connectivity index (χ0) is 20.5. The van der Waals surface area contributed by atoms with Gasteiger partial charge in [-0.15, -0.1) is 0 Å². The van der Waals surface area contributed by atoms with Gasteiger partial charge in [-0.25, -0.2) is 4.98 Å². The fraction of sp³-hybridized carbons (Fsp3) is 0.100. The molecule has 9 heteroatoms. The third kappa shape index (κ3) is 3.53. The number of imidazole rings is 1. The van der Waals surface area contributed by atoms with Crippen LogP contribution in [-0.2, 0) is 0 Å². The van der Waals surface area contributed by atoms with Crippen molar-refractivity contribution in [3.05, 3.63) is 76.3 Å². The number of nitrogens with one attached hydrogen (secondary N) is 1. The number of aromatic nitrogens is 2. The lowest BCUT2D eigenvalue weighted by atomic mass is 10.1. The van der Waals surface area contributed by atoms with E-state index in [2.05, 4.69) is 10.3 Å². The summed E-state index contributed by atoms with van der Waals surface area (Å²) in [5.41, 5.74) is 3.80. The van der Waals surface area contributed by atoms with Crippen molar-refractivity contribution in [2.45, 2.75) is 6.92 Å². The van der Waals surface area contributed by atoms with E-state index in [1.165, 1.54) is 13.2 Å². The summed E-state index contributed by atoms with van der Waals surface area (Å²) < 4.78 is 12.2. The number of nitro groups is 1. The molecule has 4 rings (SSSR count). The lowest BCUT2D eigenvalue weighted by Crippen LogP contribution is -2.11. The topological polar surface area (TPSA) is 112 Å². The maximum absolute atomic E-state index is 12.4. The summed E-state index contributed by atoms with van der Waals surface area (Å²) in [6.45, 7) is 1.99. The van der Waals surface area contributed by atoms with Crippen LogP contribution >= 0.6 is 0 Å². The molecule has 3 heterocycles. The molecule has 0 aliphatic rings. The number of aryl methyl sites for hydroxylation is 1. The van der Waals surface area contributed by atoms with E-state index in [1.54, 1.807) is 12.1 Å². The molecule has 0 bridgehead atoms. The Morgan fingerprint density at radius 3 is 2.79 bits per heavy atom. The van der Waals surface area contributed by atoms with E-state index < -0.39 is 16.7 Å². The Labute approximate surface area is 164 Å². The van der Waals surface area contributed by atoms with Gasteiger partial charge in [-0.2, -0.15) is 0 Å². The highest BCUT2D eigenvalue weighted by Gasteiger charge is 2.19. The molecule has 9 nitrogen and oxygen atoms in total. The van der Waals surface area contributed by atoms with Crippen molar-refractivity contribution in [1.29, 1.82) is 0 Å². The molecule has 0 spiro atoms. The van der Waals surface area contributed by atoms with E-state index in [1.807, 2.05) is 41.9 Å². The minimum Gasteiger partial charge on any atom is -0.495 e. The Morgan fingerprint density at radius 1 is 1.24 bits per heavy atom. The van der Waals surface area contributed by atoms with Gasteiger partial charge in [-0.3, -0.25) is 14.9 Å². The first-order chi connectivity index (χ1) is 13.9. The van der Waals surface area contributed by atoms with Crippen LogP contribution in [-0.4, -0.2) is 27.3 Å². The fourth-order valence-corrected chi connectivity index (χ4v) is 2.92. The normalized spacial score (nSPS) is 10.8. The number of methoxy groups -OCH3 is 1. The lowest BCUT2D eigenvalue weighted by molar-refractivity contribution is -0.402. The number of rotatable bonds is 5. The van der Waals surface area contributed by atoms with E-state index in [4.69, 9.17) is 9.15 Å². The average molecular weight is 392 g/mol. The van der Waals surface area contributed by atoms with Gasteiger partial charge in [-0.05, 0) is 48.9 Å².